The molecule has 0 amide bonds. The van der Waals surface area contributed by atoms with Crippen molar-refractivity contribution in [3.05, 3.63) is 48.0 Å². The second-order valence-corrected chi connectivity index (χ2v) is 3.93. The van der Waals surface area contributed by atoms with E-state index in [9.17, 15) is 9.90 Å². The van der Waals surface area contributed by atoms with Gasteiger partial charge in [0.1, 0.15) is 5.75 Å². The van der Waals surface area contributed by atoms with Gasteiger partial charge in [0.2, 0.25) is 0 Å². The Morgan fingerprint density at radius 3 is 2.47 bits per heavy atom. The molecule has 0 atom stereocenters. The minimum atomic E-state index is -1.02. The molecular weight excluding hydrogens is 244 g/mol. The van der Waals surface area contributed by atoms with Gasteiger partial charge in [-0.25, -0.2) is 4.79 Å². The van der Waals surface area contributed by atoms with E-state index in [2.05, 4.69) is 5.32 Å². The summed E-state index contributed by atoms with van der Waals surface area (Å²) in [5.74, 6) is -0.548. The number of methoxy groups -OCH3 is 1. The number of hydrogen-bond donors (Lipinski definition) is 3. The van der Waals surface area contributed by atoms with Gasteiger partial charge in [-0.05, 0) is 36.4 Å². The first-order chi connectivity index (χ1) is 9.11. The van der Waals surface area contributed by atoms with Crippen molar-refractivity contribution in [1.29, 1.82) is 0 Å². The number of anilines is 3. The molecule has 2 aromatic carbocycles. The summed E-state index contributed by atoms with van der Waals surface area (Å²) in [5, 5.41) is 12.2. The smallest absolute Gasteiger partial charge is 0.337 e. The Kier molecular flexibility index (Phi) is 3.56. The van der Waals surface area contributed by atoms with Crippen LogP contribution in [-0.4, -0.2) is 18.2 Å². The van der Waals surface area contributed by atoms with E-state index in [4.69, 9.17) is 10.5 Å². The maximum absolute atomic E-state index is 11.2. The maximum atomic E-state index is 11.2. The number of aromatic carboxylic acids is 1. The minimum absolute atomic E-state index is 0.149. The summed E-state index contributed by atoms with van der Waals surface area (Å²) >= 11 is 0. The molecule has 0 saturated heterocycles. The van der Waals surface area contributed by atoms with Crippen LogP contribution in [0.25, 0.3) is 0 Å². The van der Waals surface area contributed by atoms with Crippen LogP contribution in [0.4, 0.5) is 17.1 Å². The number of nitrogen functional groups attached to an aromatic ring is 1. The number of hydrogen-bond acceptors (Lipinski definition) is 4. The maximum Gasteiger partial charge on any atom is 0.337 e. The predicted octanol–water partition coefficient (Wildman–Crippen LogP) is 2.72. The summed E-state index contributed by atoms with van der Waals surface area (Å²) in [6.07, 6.45) is 0. The largest absolute Gasteiger partial charge is 0.495 e. The number of rotatable bonds is 4. The lowest BCUT2D eigenvalue weighted by molar-refractivity contribution is 0.0697. The van der Waals surface area contributed by atoms with Crippen LogP contribution < -0.4 is 15.8 Å². The molecule has 5 heteroatoms. The van der Waals surface area contributed by atoms with Crippen LogP contribution >= 0.6 is 0 Å². The third kappa shape index (κ3) is 2.77. The zero-order chi connectivity index (χ0) is 13.8. The van der Waals surface area contributed by atoms with Crippen LogP contribution in [0.2, 0.25) is 0 Å². The lowest BCUT2D eigenvalue weighted by atomic mass is 10.1. The Bertz CT molecular complexity index is 594. The summed E-state index contributed by atoms with van der Waals surface area (Å²) in [6, 6.07) is 11.9. The molecule has 0 aliphatic heterocycles. The van der Waals surface area contributed by atoms with E-state index in [0.717, 1.165) is 5.69 Å². The SMILES string of the molecule is COc1cccc(C(=O)O)c1Nc1ccc(N)cc1. The quantitative estimate of drug-likeness (QED) is 0.734. The van der Waals surface area contributed by atoms with E-state index in [-0.39, 0.29) is 5.56 Å². The number of carbonyl (C=O) groups is 1. The van der Waals surface area contributed by atoms with E-state index >= 15 is 0 Å². The molecular formula is C14H14N2O3. The molecule has 4 N–H and O–H groups in total. The predicted molar refractivity (Wildman–Crippen MR) is 74.1 cm³/mol. The van der Waals surface area contributed by atoms with Gasteiger partial charge in [-0.15, -0.1) is 0 Å². The third-order valence-corrected chi connectivity index (χ3v) is 2.66. The average molecular weight is 258 g/mol. The first-order valence-corrected chi connectivity index (χ1v) is 5.64. The molecule has 5 nitrogen and oxygen atoms in total. The number of nitrogens with two attached hydrogens (primary N) is 1. The first kappa shape index (κ1) is 12.8. The number of benzene rings is 2. The van der Waals surface area contributed by atoms with E-state index in [0.29, 0.717) is 17.1 Å². The number of carboxylic acids is 1. The van der Waals surface area contributed by atoms with Gasteiger partial charge in [-0.1, -0.05) is 6.07 Å². The van der Waals surface area contributed by atoms with E-state index in [1.165, 1.54) is 13.2 Å². The summed E-state index contributed by atoms with van der Waals surface area (Å²) in [5.41, 5.74) is 7.56. The Balaban J connectivity index is 2.42. The van der Waals surface area contributed by atoms with Crippen LogP contribution in [0.5, 0.6) is 5.75 Å². The van der Waals surface area contributed by atoms with Gasteiger partial charge < -0.3 is 20.9 Å². The Hall–Kier alpha value is -2.69. The lowest BCUT2D eigenvalue weighted by Gasteiger charge is -2.13. The van der Waals surface area contributed by atoms with Crippen molar-refractivity contribution in [3.8, 4) is 5.75 Å². The molecule has 2 aromatic rings. The molecule has 98 valence electrons. The van der Waals surface area contributed by atoms with Crippen LogP contribution in [0.1, 0.15) is 10.4 Å². The molecule has 0 radical (unpaired) electrons. The van der Waals surface area contributed by atoms with Crippen LogP contribution in [0.3, 0.4) is 0 Å². The molecule has 0 aromatic heterocycles. The molecule has 0 fully saturated rings. The molecule has 0 aliphatic carbocycles. The zero-order valence-corrected chi connectivity index (χ0v) is 10.4. The molecule has 0 unspecified atom stereocenters. The summed E-state index contributed by atoms with van der Waals surface area (Å²) in [7, 11) is 1.50. The van der Waals surface area contributed by atoms with Crippen LogP contribution in [0.15, 0.2) is 42.5 Å². The van der Waals surface area contributed by atoms with Crippen molar-refractivity contribution in [2.75, 3.05) is 18.2 Å². The summed E-state index contributed by atoms with van der Waals surface area (Å²) in [6.45, 7) is 0. The normalized spacial score (nSPS) is 9.95. The monoisotopic (exact) mass is 258 g/mol. The highest BCUT2D eigenvalue weighted by molar-refractivity contribution is 5.97. The zero-order valence-electron chi connectivity index (χ0n) is 10.4. The molecule has 0 heterocycles. The lowest BCUT2D eigenvalue weighted by Crippen LogP contribution is -2.04. The Labute approximate surface area is 110 Å². The second-order valence-electron chi connectivity index (χ2n) is 3.93. The van der Waals surface area contributed by atoms with Crippen molar-refractivity contribution >= 4 is 23.0 Å². The number of ether oxygens (including phenoxy) is 1. The van der Waals surface area contributed by atoms with Crippen LogP contribution in [-0.2, 0) is 0 Å². The summed E-state index contributed by atoms with van der Waals surface area (Å²) in [4.78, 5) is 11.2. The highest BCUT2D eigenvalue weighted by Crippen LogP contribution is 2.31. The van der Waals surface area contributed by atoms with Crippen molar-refractivity contribution < 1.29 is 14.6 Å². The standard InChI is InChI=1S/C14H14N2O3/c1-19-12-4-2-3-11(14(17)18)13(12)16-10-7-5-9(15)6-8-10/h2-8,16H,15H2,1H3,(H,17,18). The van der Waals surface area contributed by atoms with Crippen molar-refractivity contribution in [2.45, 2.75) is 0 Å². The Morgan fingerprint density at radius 2 is 1.89 bits per heavy atom. The fourth-order valence-electron chi connectivity index (χ4n) is 1.72. The number of para-hydroxylation sites is 1. The molecule has 0 spiro atoms. The van der Waals surface area contributed by atoms with Gasteiger partial charge in [-0.2, -0.15) is 0 Å². The number of carboxylic acid groups (broad SMARTS) is 1. The Morgan fingerprint density at radius 1 is 1.21 bits per heavy atom. The van der Waals surface area contributed by atoms with Gasteiger partial charge in [0.05, 0.1) is 18.4 Å². The fraction of sp³-hybridized carbons (Fsp3) is 0.0714. The van der Waals surface area contributed by atoms with E-state index in [1.807, 2.05) is 0 Å². The number of nitrogens with one attached hydrogen (secondary N) is 1. The molecule has 0 aliphatic rings. The van der Waals surface area contributed by atoms with E-state index in [1.54, 1.807) is 36.4 Å². The highest BCUT2D eigenvalue weighted by Gasteiger charge is 2.14. The van der Waals surface area contributed by atoms with Crippen molar-refractivity contribution in [2.24, 2.45) is 0 Å². The van der Waals surface area contributed by atoms with E-state index < -0.39 is 5.97 Å². The van der Waals surface area contributed by atoms with Gasteiger partial charge in [-0.3, -0.25) is 0 Å². The summed E-state index contributed by atoms with van der Waals surface area (Å²) < 4.78 is 5.18. The molecule has 0 saturated carbocycles. The second kappa shape index (κ2) is 5.30. The average Bonchev–Trinajstić information content (AvgIpc) is 2.41. The first-order valence-electron chi connectivity index (χ1n) is 5.64. The van der Waals surface area contributed by atoms with Crippen molar-refractivity contribution in [1.82, 2.24) is 0 Å². The molecule has 19 heavy (non-hydrogen) atoms. The van der Waals surface area contributed by atoms with Crippen LogP contribution in [0, 0.1) is 0 Å². The molecule has 2 rings (SSSR count). The minimum Gasteiger partial charge on any atom is -0.495 e. The molecule has 0 bridgehead atoms. The van der Waals surface area contributed by atoms with Crippen molar-refractivity contribution in [3.63, 3.8) is 0 Å². The topological polar surface area (TPSA) is 84.6 Å². The van der Waals surface area contributed by atoms with Gasteiger partial charge >= 0.3 is 5.97 Å². The fourth-order valence-corrected chi connectivity index (χ4v) is 1.72. The highest BCUT2D eigenvalue weighted by atomic mass is 16.5. The van der Waals surface area contributed by atoms with Gasteiger partial charge in [0.15, 0.2) is 0 Å². The van der Waals surface area contributed by atoms with Gasteiger partial charge in [0.25, 0.3) is 0 Å². The third-order valence-electron chi connectivity index (χ3n) is 2.66. The van der Waals surface area contributed by atoms with Gasteiger partial charge in [0, 0.05) is 11.4 Å².